The molecule has 3 aromatic rings. The maximum Gasteiger partial charge on any atom is 0.339 e. The molecule has 0 bridgehead atoms. The van der Waals surface area contributed by atoms with Crippen molar-refractivity contribution in [3.05, 3.63) is 70.1 Å². The van der Waals surface area contributed by atoms with Crippen LogP contribution in [0.5, 0.6) is 5.75 Å². The number of ether oxygens (including phenoxy) is 1. The second kappa shape index (κ2) is 6.64. The standard InChI is InChI=1S/C18H14O7S/c1-26(22,23)16-5-3-2-4-14(16)18(21)24-10-11-8-17(20)25-15-9-12(19)6-7-13(11)15/h2-9,19H,10H2,1H3. The first-order valence-corrected chi connectivity index (χ1v) is 9.37. The quantitative estimate of drug-likeness (QED) is 0.551. The van der Waals surface area contributed by atoms with Gasteiger partial charge in [-0.3, -0.25) is 0 Å². The van der Waals surface area contributed by atoms with Gasteiger partial charge in [0.1, 0.15) is 17.9 Å². The maximum absolute atomic E-state index is 12.3. The van der Waals surface area contributed by atoms with Crippen LogP contribution in [0.2, 0.25) is 0 Å². The Morgan fingerprint density at radius 3 is 2.62 bits per heavy atom. The molecule has 8 heteroatoms. The van der Waals surface area contributed by atoms with Crippen molar-refractivity contribution < 1.29 is 27.5 Å². The van der Waals surface area contributed by atoms with E-state index >= 15 is 0 Å². The molecule has 0 aliphatic carbocycles. The van der Waals surface area contributed by atoms with Gasteiger partial charge in [-0.1, -0.05) is 12.1 Å². The van der Waals surface area contributed by atoms with Crippen molar-refractivity contribution >= 4 is 26.8 Å². The molecular formula is C18H14O7S. The summed E-state index contributed by atoms with van der Waals surface area (Å²) in [5, 5.41) is 9.97. The Bertz CT molecular complexity index is 1160. The number of esters is 1. The lowest BCUT2D eigenvalue weighted by atomic mass is 10.1. The molecule has 0 saturated carbocycles. The molecule has 0 saturated heterocycles. The van der Waals surface area contributed by atoms with E-state index in [1.54, 1.807) is 0 Å². The molecule has 7 nitrogen and oxygen atoms in total. The maximum atomic E-state index is 12.3. The van der Waals surface area contributed by atoms with Gasteiger partial charge in [0.15, 0.2) is 9.84 Å². The molecule has 1 N–H and O–H groups in total. The van der Waals surface area contributed by atoms with Crippen LogP contribution in [0.25, 0.3) is 11.0 Å². The molecule has 0 aliphatic rings. The summed E-state index contributed by atoms with van der Waals surface area (Å²) in [4.78, 5) is 23.8. The molecule has 0 aliphatic heterocycles. The van der Waals surface area contributed by atoms with E-state index in [1.165, 1.54) is 48.5 Å². The van der Waals surface area contributed by atoms with Gasteiger partial charge >= 0.3 is 11.6 Å². The Hall–Kier alpha value is -3.13. The first kappa shape index (κ1) is 17.7. The highest BCUT2D eigenvalue weighted by Gasteiger charge is 2.19. The van der Waals surface area contributed by atoms with Crippen LogP contribution < -0.4 is 5.63 Å². The van der Waals surface area contributed by atoms with Gasteiger partial charge in [-0.15, -0.1) is 0 Å². The smallest absolute Gasteiger partial charge is 0.339 e. The largest absolute Gasteiger partial charge is 0.508 e. The zero-order valence-corrected chi connectivity index (χ0v) is 14.4. The molecule has 26 heavy (non-hydrogen) atoms. The number of carbonyl (C=O) groups is 1. The predicted molar refractivity (Wildman–Crippen MR) is 92.8 cm³/mol. The van der Waals surface area contributed by atoms with Gasteiger partial charge in [0.25, 0.3) is 0 Å². The Kier molecular flexibility index (Phi) is 4.52. The number of rotatable bonds is 4. The zero-order valence-electron chi connectivity index (χ0n) is 13.6. The lowest BCUT2D eigenvalue weighted by Crippen LogP contribution is -2.12. The number of phenolic OH excluding ortho intramolecular Hbond substituents is 1. The highest BCUT2D eigenvalue weighted by Crippen LogP contribution is 2.23. The van der Waals surface area contributed by atoms with Crippen LogP contribution in [0, 0.1) is 0 Å². The predicted octanol–water partition coefficient (Wildman–Crippen LogP) is 2.26. The Morgan fingerprint density at radius 1 is 1.15 bits per heavy atom. The summed E-state index contributed by atoms with van der Waals surface area (Å²) in [6.45, 7) is -0.260. The summed E-state index contributed by atoms with van der Waals surface area (Å²) in [6, 6.07) is 11.1. The van der Waals surface area contributed by atoms with Crippen LogP contribution >= 0.6 is 0 Å². The van der Waals surface area contributed by atoms with E-state index in [4.69, 9.17) is 9.15 Å². The highest BCUT2D eigenvalue weighted by atomic mass is 32.2. The first-order valence-electron chi connectivity index (χ1n) is 7.47. The van der Waals surface area contributed by atoms with E-state index in [1.807, 2.05) is 0 Å². The minimum atomic E-state index is -3.60. The molecule has 0 fully saturated rings. The summed E-state index contributed by atoms with van der Waals surface area (Å²) in [5.41, 5.74) is -0.216. The fraction of sp³-hybridized carbons (Fsp3) is 0.111. The number of carbonyl (C=O) groups excluding carboxylic acids is 1. The van der Waals surface area contributed by atoms with Crippen LogP contribution in [0.3, 0.4) is 0 Å². The van der Waals surface area contributed by atoms with Crippen LogP contribution in [-0.2, 0) is 21.2 Å². The van der Waals surface area contributed by atoms with Crippen LogP contribution in [0.4, 0.5) is 0 Å². The lowest BCUT2D eigenvalue weighted by Gasteiger charge is -2.09. The summed E-state index contributed by atoms with van der Waals surface area (Å²) in [5.74, 6) is -0.900. The number of benzene rings is 2. The number of sulfone groups is 1. The second-order valence-electron chi connectivity index (χ2n) is 5.62. The minimum Gasteiger partial charge on any atom is -0.508 e. The fourth-order valence-electron chi connectivity index (χ4n) is 2.52. The van der Waals surface area contributed by atoms with Crippen molar-refractivity contribution in [2.24, 2.45) is 0 Å². The van der Waals surface area contributed by atoms with E-state index in [2.05, 4.69) is 0 Å². The Labute approximate surface area is 148 Å². The average Bonchev–Trinajstić information content (AvgIpc) is 2.58. The third-order valence-corrected chi connectivity index (χ3v) is 4.83. The third-order valence-electron chi connectivity index (χ3n) is 3.68. The monoisotopic (exact) mass is 374 g/mol. The number of fused-ring (bicyclic) bond motifs is 1. The molecule has 0 atom stereocenters. The first-order chi connectivity index (χ1) is 12.3. The molecule has 2 aromatic carbocycles. The molecule has 0 spiro atoms. The summed E-state index contributed by atoms with van der Waals surface area (Å²) in [6.07, 6.45) is 1.00. The topological polar surface area (TPSA) is 111 Å². The van der Waals surface area contributed by atoms with Crippen molar-refractivity contribution in [1.82, 2.24) is 0 Å². The van der Waals surface area contributed by atoms with Gasteiger partial charge in [0, 0.05) is 29.3 Å². The SMILES string of the molecule is CS(=O)(=O)c1ccccc1C(=O)OCc1cc(=O)oc2cc(O)ccc12. The summed E-state index contributed by atoms with van der Waals surface area (Å²) >= 11 is 0. The summed E-state index contributed by atoms with van der Waals surface area (Å²) in [7, 11) is -3.60. The van der Waals surface area contributed by atoms with Crippen molar-refractivity contribution in [2.45, 2.75) is 11.5 Å². The van der Waals surface area contributed by atoms with E-state index < -0.39 is 21.4 Å². The minimum absolute atomic E-state index is 0.0723. The van der Waals surface area contributed by atoms with Gasteiger partial charge in [-0.05, 0) is 24.3 Å². The van der Waals surface area contributed by atoms with E-state index in [0.29, 0.717) is 10.9 Å². The van der Waals surface area contributed by atoms with Crippen LogP contribution in [0.15, 0.2) is 62.6 Å². The van der Waals surface area contributed by atoms with Crippen LogP contribution in [-0.4, -0.2) is 25.7 Å². The molecule has 1 heterocycles. The highest BCUT2D eigenvalue weighted by molar-refractivity contribution is 7.90. The fourth-order valence-corrected chi connectivity index (χ4v) is 3.39. The molecule has 0 radical (unpaired) electrons. The number of aromatic hydroxyl groups is 1. The van der Waals surface area contributed by atoms with Gasteiger partial charge in [0.2, 0.25) is 0 Å². The molecule has 3 rings (SSSR count). The van der Waals surface area contributed by atoms with Gasteiger partial charge in [-0.25, -0.2) is 18.0 Å². The van der Waals surface area contributed by atoms with E-state index in [0.717, 1.165) is 6.26 Å². The average molecular weight is 374 g/mol. The summed E-state index contributed by atoms with van der Waals surface area (Å²) < 4.78 is 33.8. The molecular weight excluding hydrogens is 360 g/mol. The Morgan fingerprint density at radius 2 is 1.88 bits per heavy atom. The van der Waals surface area contributed by atoms with E-state index in [-0.39, 0.29) is 28.4 Å². The van der Waals surface area contributed by atoms with Crippen LogP contribution in [0.1, 0.15) is 15.9 Å². The number of hydrogen-bond acceptors (Lipinski definition) is 7. The van der Waals surface area contributed by atoms with Crippen molar-refractivity contribution in [3.63, 3.8) is 0 Å². The van der Waals surface area contributed by atoms with Crippen molar-refractivity contribution in [1.29, 1.82) is 0 Å². The van der Waals surface area contributed by atoms with E-state index in [9.17, 15) is 23.1 Å². The molecule has 1 aromatic heterocycles. The second-order valence-corrected chi connectivity index (χ2v) is 7.60. The van der Waals surface area contributed by atoms with Crippen molar-refractivity contribution in [2.75, 3.05) is 6.26 Å². The lowest BCUT2D eigenvalue weighted by molar-refractivity contribution is 0.0469. The van der Waals surface area contributed by atoms with Crippen molar-refractivity contribution in [3.8, 4) is 5.75 Å². The zero-order chi connectivity index (χ0) is 18.9. The molecule has 134 valence electrons. The third kappa shape index (κ3) is 3.60. The van der Waals surface area contributed by atoms with Gasteiger partial charge < -0.3 is 14.3 Å². The number of hydrogen-bond donors (Lipinski definition) is 1. The molecule has 0 amide bonds. The Balaban J connectivity index is 1.92. The molecule has 0 unspecified atom stereocenters. The van der Waals surface area contributed by atoms with Gasteiger partial charge in [-0.2, -0.15) is 0 Å². The van der Waals surface area contributed by atoms with Gasteiger partial charge in [0.05, 0.1) is 10.5 Å². The normalized spacial score (nSPS) is 11.4. The number of phenols is 1.